The Bertz CT molecular complexity index is 920. The Labute approximate surface area is 173 Å². The molecule has 7 atom stereocenters. The molecule has 1 unspecified atom stereocenters. The van der Waals surface area contributed by atoms with Crippen molar-refractivity contribution in [1.29, 1.82) is 0 Å². The topological polar surface area (TPSA) is 77.5 Å². The number of ether oxygens (including phenoxy) is 1. The molecule has 1 spiro atoms. The van der Waals surface area contributed by atoms with Crippen molar-refractivity contribution in [3.8, 4) is 0 Å². The van der Waals surface area contributed by atoms with Crippen LogP contribution in [0.4, 0.5) is 0 Å². The van der Waals surface area contributed by atoms with Crippen molar-refractivity contribution in [1.82, 2.24) is 0 Å². The summed E-state index contributed by atoms with van der Waals surface area (Å²) in [6, 6.07) is 0. The predicted octanol–water partition coefficient (Wildman–Crippen LogP) is 3.62. The Kier molecular flexibility index (Phi) is 4.06. The third-order valence-corrected chi connectivity index (χ3v) is 11.4. The van der Waals surface area contributed by atoms with Gasteiger partial charge in [-0.2, -0.15) is 0 Å². The van der Waals surface area contributed by atoms with Gasteiger partial charge in [0.15, 0.2) is 15.6 Å². The molecule has 5 nitrogen and oxygen atoms in total. The van der Waals surface area contributed by atoms with Crippen molar-refractivity contribution in [3.63, 3.8) is 0 Å². The Morgan fingerprint density at radius 3 is 2.38 bits per heavy atom. The predicted molar refractivity (Wildman–Crippen MR) is 109 cm³/mol. The number of carbonyl (C=O) groups is 2. The van der Waals surface area contributed by atoms with E-state index in [4.69, 9.17) is 4.74 Å². The molecule has 1 heterocycles. The summed E-state index contributed by atoms with van der Waals surface area (Å²) in [6.07, 6.45) is 9.99. The number of allylic oxidation sites excluding steroid dienone is 1. The molecule has 0 radical (unpaired) electrons. The normalized spacial score (nSPS) is 49.3. The zero-order valence-corrected chi connectivity index (χ0v) is 18.5. The zero-order chi connectivity index (χ0) is 20.8. The van der Waals surface area contributed by atoms with Gasteiger partial charge in [-0.15, -0.1) is 0 Å². The molecule has 4 fully saturated rings. The van der Waals surface area contributed by atoms with Gasteiger partial charge >= 0.3 is 5.97 Å². The van der Waals surface area contributed by atoms with Crippen molar-refractivity contribution in [2.45, 2.75) is 82.5 Å². The number of esters is 1. The number of ketones is 1. The largest absolute Gasteiger partial charge is 0.458 e. The quantitative estimate of drug-likeness (QED) is 0.606. The molecule has 0 aromatic rings. The van der Waals surface area contributed by atoms with E-state index in [0.717, 1.165) is 44.1 Å². The number of hydrogen-bond donors (Lipinski definition) is 0. The highest BCUT2D eigenvalue weighted by Crippen LogP contribution is 2.70. The molecule has 0 N–H and O–H groups in total. The Morgan fingerprint density at radius 2 is 1.72 bits per heavy atom. The van der Waals surface area contributed by atoms with Crippen LogP contribution in [0.2, 0.25) is 0 Å². The molecular formula is C23H32O5S. The van der Waals surface area contributed by atoms with Gasteiger partial charge in [-0.1, -0.05) is 19.4 Å². The van der Waals surface area contributed by atoms with Crippen molar-refractivity contribution < 1.29 is 22.7 Å². The molecule has 0 bridgehead atoms. The number of fused-ring (bicyclic) bond motifs is 6. The van der Waals surface area contributed by atoms with E-state index in [9.17, 15) is 18.0 Å². The van der Waals surface area contributed by atoms with Crippen molar-refractivity contribution >= 4 is 21.6 Å². The average molecular weight is 421 g/mol. The Hall–Kier alpha value is -1.17. The van der Waals surface area contributed by atoms with Crippen LogP contribution in [0.25, 0.3) is 0 Å². The van der Waals surface area contributed by atoms with Crippen LogP contribution in [0.3, 0.4) is 0 Å². The van der Waals surface area contributed by atoms with E-state index in [1.54, 1.807) is 6.08 Å². The van der Waals surface area contributed by atoms with Crippen LogP contribution in [0.15, 0.2) is 11.6 Å². The second-order valence-electron chi connectivity index (χ2n) is 10.9. The first-order chi connectivity index (χ1) is 13.5. The summed E-state index contributed by atoms with van der Waals surface area (Å²) in [7, 11) is -3.26. The molecule has 3 saturated carbocycles. The second-order valence-corrected chi connectivity index (χ2v) is 13.1. The molecular weight excluding hydrogens is 388 g/mol. The summed E-state index contributed by atoms with van der Waals surface area (Å²) >= 11 is 0. The van der Waals surface area contributed by atoms with E-state index in [1.807, 2.05) is 0 Å². The van der Waals surface area contributed by atoms with Crippen molar-refractivity contribution in [2.24, 2.45) is 28.6 Å². The minimum atomic E-state index is -3.26. The molecule has 160 valence electrons. The van der Waals surface area contributed by atoms with Crippen LogP contribution < -0.4 is 0 Å². The summed E-state index contributed by atoms with van der Waals surface area (Å²) in [4.78, 5) is 24.2. The van der Waals surface area contributed by atoms with Gasteiger partial charge < -0.3 is 4.74 Å². The summed E-state index contributed by atoms with van der Waals surface area (Å²) in [5.41, 5.74) is 0.435. The van der Waals surface area contributed by atoms with Crippen LogP contribution in [-0.4, -0.2) is 37.3 Å². The van der Waals surface area contributed by atoms with Gasteiger partial charge in [0.2, 0.25) is 0 Å². The maximum Gasteiger partial charge on any atom is 0.306 e. The summed E-state index contributed by atoms with van der Waals surface area (Å²) in [5.74, 6) is 0.656. The van der Waals surface area contributed by atoms with Gasteiger partial charge in [-0.3, -0.25) is 9.59 Å². The molecule has 5 rings (SSSR count). The fraction of sp³-hybridized carbons (Fsp3) is 0.826. The van der Waals surface area contributed by atoms with E-state index in [0.29, 0.717) is 19.3 Å². The number of carbonyl (C=O) groups excluding carboxylic acids is 2. The maximum atomic E-state index is 13.0. The van der Waals surface area contributed by atoms with E-state index < -0.39 is 20.7 Å². The van der Waals surface area contributed by atoms with Crippen molar-refractivity contribution in [3.05, 3.63) is 11.6 Å². The third kappa shape index (κ3) is 2.53. The lowest BCUT2D eigenvalue weighted by molar-refractivity contribution is -0.167. The third-order valence-electron chi connectivity index (χ3n) is 9.84. The smallest absolute Gasteiger partial charge is 0.306 e. The fourth-order valence-electron chi connectivity index (χ4n) is 8.23. The van der Waals surface area contributed by atoms with Gasteiger partial charge in [-0.05, 0) is 74.2 Å². The monoisotopic (exact) mass is 420 g/mol. The lowest BCUT2D eigenvalue weighted by Gasteiger charge is -2.60. The Balaban J connectivity index is 1.61. The molecule has 0 aromatic carbocycles. The lowest BCUT2D eigenvalue weighted by atomic mass is 9.46. The Morgan fingerprint density at radius 1 is 1.00 bits per heavy atom. The fourth-order valence-corrected chi connectivity index (χ4v) is 9.67. The average Bonchev–Trinajstić information content (AvgIpc) is 3.15. The van der Waals surface area contributed by atoms with Crippen LogP contribution in [0, 0.1) is 28.6 Å². The first-order valence-electron chi connectivity index (χ1n) is 11.1. The first kappa shape index (κ1) is 19.8. The molecule has 1 saturated heterocycles. The van der Waals surface area contributed by atoms with Gasteiger partial charge in [0.1, 0.15) is 5.60 Å². The number of sulfone groups is 1. The lowest BCUT2D eigenvalue weighted by Crippen LogP contribution is -2.59. The standard InChI is InChI=1S/C23H32O5S/c1-21-8-4-15(24)12-14(21)13-18(29(3,26)27)20-16(21)5-9-22(2)17(20)6-10-23(22)11-7-19(25)28-23/h12,16-18,20H,4-11,13H2,1-3H3/t16-,17-,18?,20+,21-,22-,23+/m0/s1. The van der Waals surface area contributed by atoms with Gasteiger partial charge in [0, 0.05) is 24.5 Å². The molecule has 5 aliphatic rings. The van der Waals surface area contributed by atoms with Gasteiger partial charge in [0.25, 0.3) is 0 Å². The van der Waals surface area contributed by atoms with Gasteiger partial charge in [0.05, 0.1) is 5.25 Å². The van der Waals surface area contributed by atoms with E-state index >= 15 is 0 Å². The highest BCUT2D eigenvalue weighted by molar-refractivity contribution is 7.91. The maximum absolute atomic E-state index is 13.0. The zero-order valence-electron chi connectivity index (χ0n) is 17.7. The van der Waals surface area contributed by atoms with E-state index in [-0.39, 0.29) is 40.3 Å². The summed E-state index contributed by atoms with van der Waals surface area (Å²) < 4.78 is 31.9. The van der Waals surface area contributed by atoms with E-state index in [2.05, 4.69) is 13.8 Å². The van der Waals surface area contributed by atoms with Gasteiger partial charge in [-0.25, -0.2) is 8.42 Å². The van der Waals surface area contributed by atoms with E-state index in [1.165, 1.54) is 6.26 Å². The molecule has 4 aliphatic carbocycles. The summed E-state index contributed by atoms with van der Waals surface area (Å²) in [5, 5.41) is -0.436. The SMILES string of the molecule is C[C@]12CCC(=O)C=C1CC(S(C)(=O)=O)[C@@H]1[C@@H]2CC[C@@]2(C)[C@H]1CC[C@@]21CCC(=O)O1. The summed E-state index contributed by atoms with van der Waals surface area (Å²) in [6.45, 7) is 4.53. The highest BCUT2D eigenvalue weighted by atomic mass is 32.2. The highest BCUT2D eigenvalue weighted by Gasteiger charge is 2.69. The second kappa shape index (κ2) is 5.95. The minimum Gasteiger partial charge on any atom is -0.458 e. The van der Waals surface area contributed by atoms with Crippen molar-refractivity contribution in [2.75, 3.05) is 6.26 Å². The molecule has 6 heteroatoms. The van der Waals surface area contributed by atoms with Crippen LogP contribution in [0.5, 0.6) is 0 Å². The molecule has 0 aromatic heterocycles. The minimum absolute atomic E-state index is 0.0802. The number of rotatable bonds is 1. The molecule has 0 amide bonds. The molecule has 29 heavy (non-hydrogen) atoms. The van der Waals surface area contributed by atoms with Crippen LogP contribution in [0.1, 0.15) is 71.6 Å². The number of hydrogen-bond acceptors (Lipinski definition) is 5. The van der Waals surface area contributed by atoms with Crippen LogP contribution in [-0.2, 0) is 24.2 Å². The van der Waals surface area contributed by atoms with Crippen LogP contribution >= 0.6 is 0 Å². The first-order valence-corrected chi connectivity index (χ1v) is 13.1. The molecule has 1 aliphatic heterocycles.